The van der Waals surface area contributed by atoms with E-state index < -0.39 is 24.2 Å². The first-order valence-corrected chi connectivity index (χ1v) is 16.8. The minimum atomic E-state index is -1.07. The summed E-state index contributed by atoms with van der Waals surface area (Å²) < 4.78 is 1.90. The zero-order chi connectivity index (χ0) is 33.3. The van der Waals surface area contributed by atoms with Crippen molar-refractivity contribution in [3.63, 3.8) is 0 Å². The lowest BCUT2D eigenvalue weighted by molar-refractivity contribution is -0.136. The van der Waals surface area contributed by atoms with Crippen LogP contribution in [0, 0.1) is 23.7 Å². The summed E-state index contributed by atoms with van der Waals surface area (Å²) in [6, 6.07) is 9.05. The second-order valence-electron chi connectivity index (χ2n) is 13.0. The zero-order valence-electron chi connectivity index (χ0n) is 27.8. The molecule has 0 aliphatic heterocycles. The van der Waals surface area contributed by atoms with Crippen LogP contribution in [0.2, 0.25) is 0 Å². The minimum absolute atomic E-state index is 0.0778. The monoisotopic (exact) mass is 635 g/mol. The van der Waals surface area contributed by atoms with Gasteiger partial charge in [0.2, 0.25) is 11.8 Å². The second-order valence-corrected chi connectivity index (χ2v) is 13.0. The van der Waals surface area contributed by atoms with Crippen LogP contribution < -0.4 is 5.32 Å². The summed E-state index contributed by atoms with van der Waals surface area (Å²) in [5.74, 6) is 5.39. The topological polar surface area (TPSA) is 128 Å². The fraction of sp³-hybridized carbons (Fsp3) is 0.611. The molecule has 1 fully saturated rings. The van der Waals surface area contributed by atoms with Gasteiger partial charge in [0.05, 0.1) is 18.5 Å². The van der Waals surface area contributed by atoms with Gasteiger partial charge in [0.15, 0.2) is 0 Å². The van der Waals surface area contributed by atoms with Crippen molar-refractivity contribution in [1.29, 1.82) is 0 Å². The van der Waals surface area contributed by atoms with Gasteiger partial charge in [-0.3, -0.25) is 14.4 Å². The van der Waals surface area contributed by atoms with Crippen LogP contribution in [0.1, 0.15) is 83.6 Å². The Hall–Kier alpha value is -3.68. The van der Waals surface area contributed by atoms with E-state index in [1.807, 2.05) is 54.9 Å². The molecule has 0 unspecified atom stereocenters. The summed E-state index contributed by atoms with van der Waals surface area (Å²) in [4.78, 5) is 46.2. The van der Waals surface area contributed by atoms with Crippen molar-refractivity contribution < 1.29 is 24.6 Å². The van der Waals surface area contributed by atoms with E-state index in [0.29, 0.717) is 44.9 Å². The first-order valence-electron chi connectivity index (χ1n) is 16.8. The van der Waals surface area contributed by atoms with Gasteiger partial charge in [0.1, 0.15) is 6.10 Å². The molecule has 3 atom stereocenters. The number of amides is 3. The van der Waals surface area contributed by atoms with Crippen LogP contribution in [0.15, 0.2) is 49.1 Å². The molecule has 252 valence electrons. The maximum absolute atomic E-state index is 13.3. The average Bonchev–Trinajstić information content (AvgIpc) is 3.57. The predicted octanol–water partition coefficient (Wildman–Crippen LogP) is 3.77. The van der Waals surface area contributed by atoms with Gasteiger partial charge < -0.3 is 29.9 Å². The number of nitrogens with one attached hydrogen (secondary N) is 1. The quantitative estimate of drug-likeness (QED) is 0.227. The van der Waals surface area contributed by atoms with Gasteiger partial charge in [-0.2, -0.15) is 0 Å². The Morgan fingerprint density at radius 3 is 2.43 bits per heavy atom. The van der Waals surface area contributed by atoms with Crippen molar-refractivity contribution in [3.05, 3.63) is 54.6 Å². The number of hydrogen-bond acceptors (Lipinski definition) is 6. The molecule has 3 rings (SSSR count). The number of benzene rings is 1. The lowest BCUT2D eigenvalue weighted by Crippen LogP contribution is -2.49. The van der Waals surface area contributed by atoms with Gasteiger partial charge in [-0.15, -0.1) is 0 Å². The molecule has 10 heteroatoms. The van der Waals surface area contributed by atoms with E-state index in [1.165, 1.54) is 6.42 Å². The first-order chi connectivity index (χ1) is 22.1. The molecule has 0 radical (unpaired) electrons. The molecular formula is C36H53N5O5. The van der Waals surface area contributed by atoms with Crippen LogP contribution in [0.25, 0.3) is 0 Å². The highest BCUT2D eigenvalue weighted by Gasteiger charge is 2.30. The van der Waals surface area contributed by atoms with Crippen molar-refractivity contribution in [3.8, 4) is 11.8 Å². The molecule has 1 aliphatic carbocycles. The third-order valence-electron chi connectivity index (χ3n) is 8.66. The van der Waals surface area contributed by atoms with Crippen LogP contribution in [0.5, 0.6) is 0 Å². The Kier molecular flexibility index (Phi) is 15.8. The molecule has 2 aromatic rings. The van der Waals surface area contributed by atoms with Crippen LogP contribution in [0.4, 0.5) is 0 Å². The third-order valence-corrected chi connectivity index (χ3v) is 8.66. The number of hydrogen-bond donors (Lipinski definition) is 3. The highest BCUT2D eigenvalue weighted by atomic mass is 16.3. The van der Waals surface area contributed by atoms with Gasteiger partial charge >= 0.3 is 0 Å². The second kappa shape index (κ2) is 19.7. The van der Waals surface area contributed by atoms with Crippen LogP contribution >= 0.6 is 0 Å². The minimum Gasteiger partial charge on any atom is -0.390 e. The molecule has 1 saturated carbocycles. The Morgan fingerprint density at radius 2 is 1.76 bits per heavy atom. The molecular weight excluding hydrogens is 582 g/mol. The molecule has 46 heavy (non-hydrogen) atoms. The molecule has 3 amide bonds. The molecule has 1 heterocycles. The number of aromatic nitrogens is 2. The van der Waals surface area contributed by atoms with E-state index in [4.69, 9.17) is 0 Å². The van der Waals surface area contributed by atoms with Gasteiger partial charge in [0, 0.05) is 64.9 Å². The maximum Gasteiger partial charge on any atom is 0.296 e. The molecule has 3 N–H and O–H groups in total. The maximum atomic E-state index is 13.3. The van der Waals surface area contributed by atoms with Crippen molar-refractivity contribution in [2.45, 2.75) is 109 Å². The number of likely N-dealkylation sites (N-methyl/N-ethyl adjacent to an activating group) is 1. The molecule has 10 nitrogen and oxygen atoms in total. The van der Waals surface area contributed by atoms with Gasteiger partial charge in [0.25, 0.3) is 5.91 Å². The van der Waals surface area contributed by atoms with Crippen LogP contribution in [-0.2, 0) is 27.5 Å². The van der Waals surface area contributed by atoms with Gasteiger partial charge in [-0.05, 0) is 36.2 Å². The fourth-order valence-corrected chi connectivity index (χ4v) is 5.96. The van der Waals surface area contributed by atoms with E-state index in [1.54, 1.807) is 29.4 Å². The molecule has 1 aliphatic rings. The van der Waals surface area contributed by atoms with Crippen molar-refractivity contribution in [2.24, 2.45) is 11.8 Å². The average molecular weight is 636 g/mol. The van der Waals surface area contributed by atoms with E-state index in [9.17, 15) is 24.6 Å². The Balaban J connectivity index is 1.56. The summed E-state index contributed by atoms with van der Waals surface area (Å²) in [5.41, 5.74) is 0.963. The number of imidazole rings is 1. The highest BCUT2D eigenvalue weighted by molar-refractivity contribution is 5.93. The molecule has 1 aromatic carbocycles. The lowest BCUT2D eigenvalue weighted by atomic mass is 9.82. The van der Waals surface area contributed by atoms with Crippen LogP contribution in [-0.4, -0.2) is 85.7 Å². The van der Waals surface area contributed by atoms with E-state index >= 15 is 0 Å². The SMILES string of the molecule is CC(C)C[C@H](O)[C@H](O)[C@@H](CC1CCCCC1)NC(=O)C#CCCN(Cc1ccccc1)C(=O)CCC(=O)N(C)CCn1ccnc1. The summed E-state index contributed by atoms with van der Waals surface area (Å²) in [7, 11) is 1.73. The zero-order valence-corrected chi connectivity index (χ0v) is 27.8. The van der Waals surface area contributed by atoms with Gasteiger partial charge in [-0.1, -0.05) is 82.2 Å². The Morgan fingerprint density at radius 1 is 1.04 bits per heavy atom. The largest absolute Gasteiger partial charge is 0.390 e. The summed E-state index contributed by atoms with van der Waals surface area (Å²) in [6.45, 7) is 5.80. The van der Waals surface area contributed by atoms with E-state index in [0.717, 1.165) is 31.2 Å². The lowest BCUT2D eigenvalue weighted by Gasteiger charge is -2.32. The summed E-state index contributed by atoms with van der Waals surface area (Å²) in [5, 5.41) is 24.5. The van der Waals surface area contributed by atoms with Crippen LogP contribution in [0.3, 0.4) is 0 Å². The molecule has 0 bridgehead atoms. The number of aliphatic hydroxyl groups excluding tert-OH is 2. The number of aliphatic hydroxyl groups is 2. The van der Waals surface area contributed by atoms with Crippen molar-refractivity contribution >= 4 is 17.7 Å². The number of carbonyl (C=O) groups is 3. The first kappa shape index (κ1) is 36.8. The Labute approximate surface area is 274 Å². The van der Waals surface area contributed by atoms with Gasteiger partial charge in [-0.25, -0.2) is 4.98 Å². The standard InChI is InChI=1S/C36H53N5O5/c1-28(2)24-32(42)36(46)31(25-29-12-6-4-7-13-29)38-33(43)16-10-11-20-41(26-30-14-8-5-9-15-30)35(45)18-17-34(44)39(3)22-23-40-21-19-37-27-40/h5,8-9,14-15,19,21,27-29,31-32,36,42,46H,4,6-7,11-13,17-18,20,22-26H2,1-3H3,(H,38,43)/t31-,32+,36-/m1/s1. The molecule has 0 saturated heterocycles. The normalized spacial score (nSPS) is 15.3. The predicted molar refractivity (Wildman–Crippen MR) is 178 cm³/mol. The van der Waals surface area contributed by atoms with Crippen molar-refractivity contribution in [2.75, 3.05) is 20.1 Å². The van der Waals surface area contributed by atoms with Crippen molar-refractivity contribution in [1.82, 2.24) is 24.7 Å². The number of carbonyl (C=O) groups excluding carboxylic acids is 3. The van der Waals surface area contributed by atoms with E-state index in [-0.39, 0.29) is 37.0 Å². The number of rotatable bonds is 17. The third kappa shape index (κ3) is 13.4. The molecule has 1 aromatic heterocycles. The fourth-order valence-electron chi connectivity index (χ4n) is 5.96. The van der Waals surface area contributed by atoms with E-state index in [2.05, 4.69) is 22.1 Å². The summed E-state index contributed by atoms with van der Waals surface area (Å²) in [6.07, 6.45) is 10.4. The molecule has 0 spiro atoms. The highest BCUT2D eigenvalue weighted by Crippen LogP contribution is 2.29. The number of nitrogens with zero attached hydrogens (tertiary/aromatic N) is 4. The Bertz CT molecular complexity index is 1250. The summed E-state index contributed by atoms with van der Waals surface area (Å²) >= 11 is 0. The smallest absolute Gasteiger partial charge is 0.296 e.